The minimum absolute atomic E-state index is 0.465. The zero-order valence-electron chi connectivity index (χ0n) is 80.6. The molecule has 18 rings (SSSR count). The van der Waals surface area contributed by atoms with Crippen LogP contribution in [0.4, 0.5) is 0 Å². The summed E-state index contributed by atoms with van der Waals surface area (Å²) in [5.41, 5.74) is 25.2. The van der Waals surface area contributed by atoms with Crippen molar-refractivity contribution in [1.82, 2.24) is 89.0 Å². The van der Waals surface area contributed by atoms with E-state index in [-0.39, 0.29) is 0 Å². The van der Waals surface area contributed by atoms with Crippen LogP contribution >= 0.6 is 93.7 Å². The Hall–Kier alpha value is -10.6. The first kappa shape index (κ1) is 102. The van der Waals surface area contributed by atoms with Crippen LogP contribution in [0.1, 0.15) is 158 Å². The Morgan fingerprint density at radius 2 is 0.774 bits per heavy atom. The predicted molar refractivity (Wildman–Crippen MR) is 569 cm³/mol. The number of rotatable bonds is 23. The van der Waals surface area contributed by atoms with Crippen molar-refractivity contribution >= 4 is 192 Å². The van der Waals surface area contributed by atoms with E-state index < -0.39 is 53.7 Å². The number of halogens is 5. The smallest absolute Gasteiger partial charge is 0.339 e. The van der Waals surface area contributed by atoms with Gasteiger partial charge in [0.1, 0.15) is 26.6 Å². The van der Waals surface area contributed by atoms with Gasteiger partial charge in [-0.05, 0) is 250 Å². The maximum atomic E-state index is 13.2. The number of thiazole rings is 2. The molecule has 2 atom stereocenters. The van der Waals surface area contributed by atoms with Gasteiger partial charge in [0.05, 0.1) is 96.7 Å². The Balaban J connectivity index is 0.000000149. The number of ether oxygens (including phenoxy) is 3. The van der Waals surface area contributed by atoms with Crippen LogP contribution in [0.25, 0.3) is 142 Å². The third-order valence-electron chi connectivity index (χ3n) is 23.8. The number of aromatic nitrogens is 18. The number of methoxy groups -OCH3 is 1. The van der Waals surface area contributed by atoms with Crippen molar-refractivity contribution in [3.05, 3.63) is 252 Å². The van der Waals surface area contributed by atoms with Crippen LogP contribution in [0.15, 0.2) is 196 Å². The summed E-state index contributed by atoms with van der Waals surface area (Å²) in [6.45, 7) is 30.1. The summed E-state index contributed by atoms with van der Waals surface area (Å²) in [4.78, 5) is 73.2. The molecule has 14 aromatic heterocycles. The maximum absolute atomic E-state index is 13.2. The van der Waals surface area contributed by atoms with Gasteiger partial charge in [0.2, 0.25) is 0 Å². The molecule has 0 saturated carbocycles. The summed E-state index contributed by atoms with van der Waals surface area (Å²) in [7, 11) is 9.09. The third-order valence-corrected chi connectivity index (χ3v) is 43.3. The summed E-state index contributed by atoms with van der Waals surface area (Å²) in [6, 6.07) is 43.8. The standard InChI is InChI=1S/C34H32ClN5O3S.C33H30ClN5O3S.C13H11BrN4.C7H6N3.C6H5Br2N.3C4H9.Sn/c1-18-14-25-31(29(20-8-10-22(35)11-9-20)28(18)30(33(41)42-7)43-34(3,4)5)44-32(39-25)21-15-23(19(2)36-16-21)24-12-13-27-26(38-24)17-37-40(27)6;1-17-13-24-30(28(19-7-9-21(34)10-8-19)27(17)29(32(40)41)42-33(3,4)5)43-31(38-24)20-14-22(18(2)35-15-20)23-11-12-26-25(37-23)16-36-39(26)6;1-8-10(5-9(14)6-15-8)11-3-4-13-12(17-11)7-16-18(13)2;1-10-7-3-2-4-8-6(7)5-9-10;1-4-6(8)2-5(7)3-9-4;3*1-3-4-2;/h8-17,30H,1-7H3;7-16,29H,1-6H3,(H,40,41);3-7H,1-2H3;2-3,5H,1H3;2-3H,1H3;3*1,3-4H2,2H3;/t30-;29-;;;;;;;/m00......./s1. The van der Waals surface area contributed by atoms with Crippen molar-refractivity contribution in [3.63, 3.8) is 0 Å². The van der Waals surface area contributed by atoms with Gasteiger partial charge in [0, 0.05) is 137 Å². The molecule has 32 heteroatoms. The van der Waals surface area contributed by atoms with Crippen LogP contribution in [0.5, 0.6) is 0 Å². The summed E-state index contributed by atoms with van der Waals surface area (Å²) >= 11 is 23.3. The molecule has 0 radical (unpaired) electrons. The fraction of sp³-hybridized carbons (Fsp3) is 0.314. The molecule has 0 fully saturated rings. The number of hydrogen-bond donors (Lipinski definition) is 1. The van der Waals surface area contributed by atoms with Crippen molar-refractivity contribution in [1.29, 1.82) is 0 Å². The van der Waals surface area contributed by atoms with E-state index in [1.165, 1.54) is 74.0 Å². The molecule has 137 heavy (non-hydrogen) atoms. The molecule has 4 aromatic carbocycles. The van der Waals surface area contributed by atoms with E-state index in [0.29, 0.717) is 15.6 Å². The zero-order valence-corrected chi connectivity index (χ0v) is 91.3. The van der Waals surface area contributed by atoms with E-state index in [9.17, 15) is 14.7 Å². The van der Waals surface area contributed by atoms with E-state index >= 15 is 0 Å². The molecular formula is C105H111Br3Cl2N18O6S2Sn. The Labute approximate surface area is 845 Å². The number of unbranched alkanes of at least 4 members (excludes halogenated alkanes) is 3. The van der Waals surface area contributed by atoms with Crippen molar-refractivity contribution in [2.75, 3.05) is 7.11 Å². The van der Waals surface area contributed by atoms with E-state index in [1.54, 1.807) is 63.8 Å². The number of hydrogen-bond acceptors (Lipinski definition) is 21. The minimum atomic E-state index is -2.38. The molecule has 0 spiro atoms. The monoisotopic (exact) mass is 2210 g/mol. The normalized spacial score (nSPS) is 12.2. The molecule has 0 aliphatic carbocycles. The van der Waals surface area contributed by atoms with Gasteiger partial charge in [-0.15, -0.1) is 22.7 Å². The molecular weight excluding hydrogens is 2100 g/mol. The quantitative estimate of drug-likeness (QED) is 0.0460. The zero-order chi connectivity index (χ0) is 98.2. The van der Waals surface area contributed by atoms with Crippen LogP contribution in [0.3, 0.4) is 0 Å². The van der Waals surface area contributed by atoms with E-state index in [1.807, 2.05) is 236 Å². The average Bonchev–Trinajstić information content (AvgIpc) is 1.65. The second-order valence-corrected chi connectivity index (χ2v) is 54.7. The number of carbonyl (C=O) groups excluding carboxylic acids is 1. The van der Waals surface area contributed by atoms with Gasteiger partial charge in [0.25, 0.3) is 0 Å². The number of nitrogens with zero attached hydrogens (tertiary/aromatic N) is 18. The minimum Gasteiger partial charge on any atom is -0.479 e. The van der Waals surface area contributed by atoms with Gasteiger partial charge >= 0.3 is 158 Å². The number of aliphatic carboxylic acids is 1. The van der Waals surface area contributed by atoms with Crippen LogP contribution < -0.4 is 3.71 Å². The van der Waals surface area contributed by atoms with Crippen LogP contribution in [0, 0.1) is 41.5 Å². The van der Waals surface area contributed by atoms with E-state index in [0.717, 1.165) is 195 Å². The van der Waals surface area contributed by atoms with Crippen LogP contribution in [-0.4, -0.2) is 143 Å². The van der Waals surface area contributed by atoms with Crippen molar-refractivity contribution in [2.45, 2.75) is 179 Å². The molecule has 0 unspecified atom stereocenters. The first-order valence-electron chi connectivity index (χ1n) is 45.4. The molecule has 24 nitrogen and oxygen atoms in total. The average molecular weight is 2210 g/mol. The molecule has 0 bridgehead atoms. The molecule has 708 valence electrons. The number of esters is 1. The number of benzene rings is 4. The number of aryl methyl sites for hydroxylation is 10. The Morgan fingerprint density at radius 1 is 0.423 bits per heavy atom. The Bertz CT molecular complexity index is 7430. The topological polar surface area (TPSA) is 282 Å². The SMILES string of the molecule is CCC[CH2][Sn]([CH2]CCC)([CH2]CCC)[c]1ccc2c(cnn2C)n1.COC(=O)[C@@H](OC(C)(C)C)c1c(C)cc2nc(-c3cnc(C)c(-c4ccc5c(cnn5C)n4)c3)sc2c1-c1ccc(Cl)cc1.Cc1cc2nc(-c3cnc(C)c(-c4ccc5c(cnn5C)n4)c3)sc2c(-c2ccc(Cl)cc2)c1[C@H](OC(C)(C)C)C(=O)O.Cc1ncc(Br)cc1-c1ccc2c(cnn2C)n1.Cc1ncc(Br)cc1Br. The number of carboxylic acids is 1. The van der Waals surface area contributed by atoms with E-state index in [4.69, 9.17) is 72.3 Å². The Kier molecular flexibility index (Phi) is 33.1. The molecule has 0 amide bonds. The summed E-state index contributed by atoms with van der Waals surface area (Å²) < 4.78 is 35.8. The molecule has 18 aromatic rings. The largest absolute Gasteiger partial charge is 0.479 e. The molecule has 0 saturated heterocycles. The van der Waals surface area contributed by atoms with Crippen LogP contribution in [-0.2, 0) is 52.0 Å². The summed E-state index contributed by atoms with van der Waals surface area (Å²) in [5.74, 6) is -1.52. The third kappa shape index (κ3) is 24.0. The van der Waals surface area contributed by atoms with Crippen molar-refractivity contribution in [2.24, 2.45) is 28.2 Å². The fourth-order valence-corrected chi connectivity index (χ4v) is 35.9. The summed E-state index contributed by atoms with van der Waals surface area (Å²) in [5, 5.41) is 30.3. The molecule has 0 aliphatic rings. The number of pyridine rings is 8. The van der Waals surface area contributed by atoms with Gasteiger partial charge in [-0.2, -0.15) is 15.3 Å². The number of carbonyl (C=O) groups is 2. The first-order chi connectivity index (χ1) is 65.3. The predicted octanol–water partition coefficient (Wildman–Crippen LogP) is 27.5. The second-order valence-electron chi connectivity index (χ2n) is 36.1. The molecule has 1 N–H and O–H groups in total. The molecule has 14 heterocycles. The van der Waals surface area contributed by atoms with Gasteiger partial charge in [-0.25, -0.2) is 34.5 Å². The second kappa shape index (κ2) is 44.3. The van der Waals surface area contributed by atoms with Crippen LogP contribution in [0.2, 0.25) is 23.4 Å². The number of carboxylic acid groups (broad SMARTS) is 1. The fourth-order valence-electron chi connectivity index (χ4n) is 16.7. The maximum Gasteiger partial charge on any atom is 0.339 e. The van der Waals surface area contributed by atoms with Gasteiger partial charge in [-0.1, -0.05) is 47.5 Å². The summed E-state index contributed by atoms with van der Waals surface area (Å²) in [6.07, 6.45) is 20.4. The van der Waals surface area contributed by atoms with Crippen molar-refractivity contribution < 1.29 is 28.9 Å². The van der Waals surface area contributed by atoms with Gasteiger partial charge < -0.3 is 19.3 Å². The first-order valence-corrected chi connectivity index (χ1v) is 57.7. The van der Waals surface area contributed by atoms with E-state index in [2.05, 4.69) is 128 Å². The van der Waals surface area contributed by atoms with Crippen molar-refractivity contribution in [3.8, 4) is 77.2 Å². The van der Waals surface area contributed by atoms with Gasteiger partial charge in [0.15, 0.2) is 12.2 Å². The van der Waals surface area contributed by atoms with Gasteiger partial charge in [-0.3, -0.25) is 34.0 Å². The number of fused-ring (bicyclic) bond motifs is 6. The Morgan fingerprint density at radius 3 is 1.14 bits per heavy atom. The molecule has 0 aliphatic heterocycles.